The monoisotopic (exact) mass is 430 g/mol. The van der Waals surface area contributed by atoms with Gasteiger partial charge >= 0.3 is 5.97 Å². The van der Waals surface area contributed by atoms with E-state index in [9.17, 15) is 20.3 Å². The van der Waals surface area contributed by atoms with Crippen LogP contribution in [0.3, 0.4) is 0 Å². The highest BCUT2D eigenvalue weighted by molar-refractivity contribution is 5.91. The molecule has 2 aromatic carbocycles. The van der Waals surface area contributed by atoms with Crippen molar-refractivity contribution in [1.82, 2.24) is 4.57 Å². The van der Waals surface area contributed by atoms with Crippen LogP contribution < -0.4 is 9.47 Å². The van der Waals surface area contributed by atoms with E-state index in [4.69, 9.17) is 9.47 Å². The molecule has 0 aliphatic heterocycles. The fourth-order valence-corrected chi connectivity index (χ4v) is 3.57. The lowest BCUT2D eigenvalue weighted by Gasteiger charge is -2.27. The summed E-state index contributed by atoms with van der Waals surface area (Å²) in [5.41, 5.74) is 0.422. The van der Waals surface area contributed by atoms with E-state index in [1.165, 1.54) is 13.0 Å². The van der Waals surface area contributed by atoms with Crippen LogP contribution in [0, 0.1) is 16.7 Å². The molecule has 0 bridgehead atoms. The number of para-hydroxylation sites is 1. The second-order valence-electron chi connectivity index (χ2n) is 7.71. The molecule has 0 amide bonds. The molecular weight excluding hydrogens is 408 g/mol. The maximum atomic E-state index is 11.5. The lowest BCUT2D eigenvalue weighted by Crippen LogP contribution is -2.31. The first-order valence-electron chi connectivity index (χ1n) is 10.1. The molecule has 0 radical (unpaired) electrons. The Morgan fingerprint density at radius 2 is 1.88 bits per heavy atom. The molecule has 1 unspecified atom stereocenters. The van der Waals surface area contributed by atoms with Gasteiger partial charge in [0, 0.05) is 29.4 Å². The van der Waals surface area contributed by atoms with E-state index in [1.807, 2.05) is 42.5 Å². The first kappa shape index (κ1) is 21.1. The summed E-state index contributed by atoms with van der Waals surface area (Å²) in [6, 6.07) is 17.1. The first-order chi connectivity index (χ1) is 15.4. The quantitative estimate of drug-likeness (QED) is 0.524. The number of nitriles is 1. The number of benzene rings is 2. The lowest BCUT2D eigenvalue weighted by molar-refractivity contribution is -0.147. The third-order valence-electron chi connectivity index (χ3n) is 5.58. The predicted octanol–water partition coefficient (Wildman–Crippen LogP) is 4.75. The number of hydrogen-bond acceptors (Lipinski definition) is 5. The third kappa shape index (κ3) is 3.91. The molecule has 1 atom stereocenters. The second-order valence-corrected chi connectivity index (χ2v) is 7.71. The summed E-state index contributed by atoms with van der Waals surface area (Å²) in [6.07, 6.45) is 4.98. The standard InChI is InChI=1S/C25H22N2O5/c1-25(24(29)30)10-9-18(13-23(25)28)27-16-17(15-26)21-8-7-20(14-22(21)27)32-12-11-31-19-5-3-2-4-6-19/h2-9,13-14,16,28H,10-12H2,1H3,(H,29,30). The Kier molecular flexibility index (Phi) is 5.61. The van der Waals surface area contributed by atoms with Crippen LogP contribution in [0.4, 0.5) is 0 Å². The maximum Gasteiger partial charge on any atom is 0.317 e. The van der Waals surface area contributed by atoms with Gasteiger partial charge in [-0.3, -0.25) is 4.79 Å². The summed E-state index contributed by atoms with van der Waals surface area (Å²) >= 11 is 0. The van der Waals surface area contributed by atoms with Gasteiger partial charge in [-0.15, -0.1) is 0 Å². The minimum atomic E-state index is -1.36. The van der Waals surface area contributed by atoms with E-state index in [-0.39, 0.29) is 12.2 Å². The van der Waals surface area contributed by atoms with Crippen molar-refractivity contribution in [2.75, 3.05) is 13.2 Å². The number of aliphatic hydroxyl groups is 1. The van der Waals surface area contributed by atoms with Crippen molar-refractivity contribution in [3.05, 3.63) is 78.2 Å². The molecule has 1 heterocycles. The molecule has 0 saturated carbocycles. The molecule has 4 rings (SSSR count). The van der Waals surface area contributed by atoms with Gasteiger partial charge in [0.15, 0.2) is 0 Å². The van der Waals surface area contributed by atoms with Crippen LogP contribution in [0.1, 0.15) is 18.9 Å². The Morgan fingerprint density at radius 1 is 1.16 bits per heavy atom. The first-order valence-corrected chi connectivity index (χ1v) is 10.1. The van der Waals surface area contributed by atoms with Gasteiger partial charge in [0.05, 0.1) is 11.1 Å². The van der Waals surface area contributed by atoms with Crippen molar-refractivity contribution in [1.29, 1.82) is 5.26 Å². The number of carboxylic acids is 1. The van der Waals surface area contributed by atoms with Crippen LogP contribution in [0.15, 0.2) is 72.6 Å². The summed E-state index contributed by atoms with van der Waals surface area (Å²) in [6.45, 7) is 2.20. The number of aliphatic hydroxyl groups excluding tert-OH is 1. The minimum Gasteiger partial charge on any atom is -0.511 e. The molecule has 162 valence electrons. The number of aliphatic carboxylic acids is 1. The van der Waals surface area contributed by atoms with E-state index < -0.39 is 11.4 Å². The molecule has 7 nitrogen and oxygen atoms in total. The van der Waals surface area contributed by atoms with Crippen molar-refractivity contribution < 1.29 is 24.5 Å². The van der Waals surface area contributed by atoms with Gasteiger partial charge in [-0.25, -0.2) is 0 Å². The van der Waals surface area contributed by atoms with E-state index in [1.54, 1.807) is 22.9 Å². The maximum absolute atomic E-state index is 11.5. The number of aromatic nitrogens is 1. The summed E-state index contributed by atoms with van der Waals surface area (Å²) in [7, 11) is 0. The number of carboxylic acid groups (broad SMARTS) is 1. The van der Waals surface area contributed by atoms with Crippen molar-refractivity contribution in [2.24, 2.45) is 5.41 Å². The second kappa shape index (κ2) is 8.52. The van der Waals surface area contributed by atoms with Crippen LogP contribution in [-0.2, 0) is 4.79 Å². The molecule has 3 aromatic rings. The van der Waals surface area contributed by atoms with Crippen LogP contribution in [-0.4, -0.2) is 34.0 Å². The fraction of sp³-hybridized carbons (Fsp3) is 0.200. The molecule has 1 aromatic heterocycles. The summed E-state index contributed by atoms with van der Waals surface area (Å²) in [5, 5.41) is 30.1. The van der Waals surface area contributed by atoms with Crippen molar-refractivity contribution in [3.8, 4) is 17.6 Å². The van der Waals surface area contributed by atoms with E-state index >= 15 is 0 Å². The Morgan fingerprint density at radius 3 is 2.53 bits per heavy atom. The van der Waals surface area contributed by atoms with Gasteiger partial charge in [0.25, 0.3) is 0 Å². The largest absolute Gasteiger partial charge is 0.511 e. The Hall–Kier alpha value is -4.18. The summed E-state index contributed by atoms with van der Waals surface area (Å²) < 4.78 is 13.2. The van der Waals surface area contributed by atoms with Crippen molar-refractivity contribution >= 4 is 22.6 Å². The van der Waals surface area contributed by atoms with Gasteiger partial charge in [-0.1, -0.05) is 24.3 Å². The molecule has 0 fully saturated rings. The highest BCUT2D eigenvalue weighted by atomic mass is 16.5. The molecule has 32 heavy (non-hydrogen) atoms. The van der Waals surface area contributed by atoms with Crippen LogP contribution >= 0.6 is 0 Å². The van der Waals surface area contributed by atoms with E-state index in [0.717, 1.165) is 16.7 Å². The van der Waals surface area contributed by atoms with E-state index in [2.05, 4.69) is 6.07 Å². The van der Waals surface area contributed by atoms with E-state index in [0.29, 0.717) is 30.2 Å². The molecule has 1 aliphatic rings. The molecular formula is C25H22N2O5. The topological polar surface area (TPSA) is 105 Å². The molecule has 7 heteroatoms. The fourth-order valence-electron chi connectivity index (χ4n) is 3.57. The number of ether oxygens (including phenoxy) is 2. The zero-order chi connectivity index (χ0) is 22.7. The SMILES string of the molecule is CC1(C(=O)O)CC=C(n2cc(C#N)c3ccc(OCCOc4ccccc4)cc32)C=C1O. The number of nitrogens with zero attached hydrogens (tertiary/aromatic N) is 2. The zero-order valence-corrected chi connectivity index (χ0v) is 17.5. The molecule has 0 spiro atoms. The molecule has 1 aliphatic carbocycles. The highest BCUT2D eigenvalue weighted by Gasteiger charge is 2.39. The number of carbonyl (C=O) groups is 1. The van der Waals surface area contributed by atoms with Gasteiger partial charge in [0.1, 0.15) is 42.0 Å². The predicted molar refractivity (Wildman–Crippen MR) is 119 cm³/mol. The number of hydrogen-bond donors (Lipinski definition) is 2. The molecule has 2 N–H and O–H groups in total. The van der Waals surface area contributed by atoms with Crippen LogP contribution in [0.5, 0.6) is 11.5 Å². The Balaban J connectivity index is 1.57. The lowest BCUT2D eigenvalue weighted by atomic mass is 9.81. The highest BCUT2D eigenvalue weighted by Crippen LogP contribution is 2.38. The average molecular weight is 430 g/mol. The van der Waals surface area contributed by atoms with Crippen molar-refractivity contribution in [3.63, 3.8) is 0 Å². The van der Waals surface area contributed by atoms with Gasteiger partial charge in [-0.05, 0) is 37.6 Å². The van der Waals surface area contributed by atoms with Gasteiger partial charge in [0.2, 0.25) is 0 Å². The Labute approximate surface area is 185 Å². The zero-order valence-electron chi connectivity index (χ0n) is 17.5. The number of fused-ring (bicyclic) bond motifs is 1. The normalized spacial score (nSPS) is 17.9. The third-order valence-corrected chi connectivity index (χ3v) is 5.58. The van der Waals surface area contributed by atoms with Gasteiger partial charge in [-0.2, -0.15) is 5.26 Å². The average Bonchev–Trinajstić information content (AvgIpc) is 3.17. The van der Waals surface area contributed by atoms with Crippen LogP contribution in [0.25, 0.3) is 16.6 Å². The smallest absolute Gasteiger partial charge is 0.317 e. The van der Waals surface area contributed by atoms with Gasteiger partial charge < -0.3 is 24.3 Å². The summed E-state index contributed by atoms with van der Waals surface area (Å²) in [5.74, 6) is 0.0552. The number of allylic oxidation sites excluding steroid dienone is 3. The van der Waals surface area contributed by atoms with Crippen molar-refractivity contribution in [2.45, 2.75) is 13.3 Å². The minimum absolute atomic E-state index is 0.134. The van der Waals surface area contributed by atoms with Crippen LogP contribution in [0.2, 0.25) is 0 Å². The molecule has 0 saturated heterocycles. The number of rotatable bonds is 7. The Bertz CT molecular complexity index is 1270. The summed E-state index contributed by atoms with van der Waals surface area (Å²) in [4.78, 5) is 11.5.